The summed E-state index contributed by atoms with van der Waals surface area (Å²) in [6.45, 7) is 2.13. The molecule has 0 bridgehead atoms. The lowest BCUT2D eigenvalue weighted by Crippen LogP contribution is -2.07. The Morgan fingerprint density at radius 3 is 2.84 bits per heavy atom. The van der Waals surface area contributed by atoms with Crippen LogP contribution in [0.3, 0.4) is 0 Å². The summed E-state index contributed by atoms with van der Waals surface area (Å²) in [4.78, 5) is 0. The van der Waals surface area contributed by atoms with Gasteiger partial charge in [0.15, 0.2) is 0 Å². The van der Waals surface area contributed by atoms with Crippen molar-refractivity contribution in [2.75, 3.05) is 5.32 Å². The number of anilines is 1. The van der Waals surface area contributed by atoms with Gasteiger partial charge in [-0.2, -0.15) is 0 Å². The van der Waals surface area contributed by atoms with Crippen molar-refractivity contribution >= 4 is 28.9 Å². The van der Waals surface area contributed by atoms with E-state index in [1.807, 2.05) is 18.2 Å². The van der Waals surface area contributed by atoms with E-state index in [4.69, 9.17) is 23.2 Å². The SMILES string of the molecule is Cc1ccc2c(c1)C(Nc1cccc(Cl)c1Cl)CC2. The highest BCUT2D eigenvalue weighted by Crippen LogP contribution is 2.37. The molecule has 19 heavy (non-hydrogen) atoms. The van der Waals surface area contributed by atoms with Crippen LogP contribution in [0.15, 0.2) is 36.4 Å². The van der Waals surface area contributed by atoms with E-state index < -0.39 is 0 Å². The topological polar surface area (TPSA) is 12.0 Å². The third kappa shape index (κ3) is 2.45. The van der Waals surface area contributed by atoms with Crippen LogP contribution in [0.5, 0.6) is 0 Å². The standard InChI is InChI=1S/C16H15Cl2N/c1-10-5-6-11-7-8-14(12(11)9-10)19-15-4-2-3-13(17)16(15)18/h2-6,9,14,19H,7-8H2,1H3. The fourth-order valence-electron chi connectivity index (χ4n) is 2.67. The number of halogens is 2. The molecule has 0 aliphatic heterocycles. The fraction of sp³-hybridized carbons (Fsp3) is 0.250. The first-order valence-electron chi connectivity index (χ1n) is 6.45. The molecule has 98 valence electrons. The molecule has 1 aliphatic carbocycles. The summed E-state index contributed by atoms with van der Waals surface area (Å²) in [5, 5.41) is 4.71. The van der Waals surface area contributed by atoms with Crippen molar-refractivity contribution in [1.82, 2.24) is 0 Å². The van der Waals surface area contributed by atoms with Gasteiger partial charge in [-0.15, -0.1) is 0 Å². The Bertz CT molecular complexity index is 622. The number of benzene rings is 2. The van der Waals surface area contributed by atoms with E-state index in [0.29, 0.717) is 16.1 Å². The third-order valence-corrected chi connectivity index (χ3v) is 4.48. The Kier molecular flexibility index (Phi) is 3.42. The van der Waals surface area contributed by atoms with Gasteiger partial charge < -0.3 is 5.32 Å². The van der Waals surface area contributed by atoms with E-state index >= 15 is 0 Å². The summed E-state index contributed by atoms with van der Waals surface area (Å²) < 4.78 is 0. The highest BCUT2D eigenvalue weighted by atomic mass is 35.5. The van der Waals surface area contributed by atoms with Gasteiger partial charge in [-0.1, -0.05) is 53.0 Å². The van der Waals surface area contributed by atoms with Gasteiger partial charge in [-0.05, 0) is 43.0 Å². The van der Waals surface area contributed by atoms with Gasteiger partial charge in [0.1, 0.15) is 0 Å². The average Bonchev–Trinajstić information content (AvgIpc) is 2.78. The number of hydrogen-bond acceptors (Lipinski definition) is 1. The van der Waals surface area contributed by atoms with Crippen LogP contribution in [0.2, 0.25) is 10.0 Å². The van der Waals surface area contributed by atoms with Gasteiger partial charge in [0, 0.05) is 0 Å². The van der Waals surface area contributed by atoms with Crippen LogP contribution in [0.25, 0.3) is 0 Å². The maximum absolute atomic E-state index is 6.24. The summed E-state index contributed by atoms with van der Waals surface area (Å²) in [6.07, 6.45) is 2.22. The van der Waals surface area contributed by atoms with Crippen molar-refractivity contribution in [2.45, 2.75) is 25.8 Å². The molecule has 1 N–H and O–H groups in total. The Balaban J connectivity index is 1.90. The predicted molar refractivity (Wildman–Crippen MR) is 82.3 cm³/mol. The number of nitrogens with one attached hydrogen (secondary N) is 1. The molecule has 0 fully saturated rings. The Morgan fingerprint density at radius 1 is 1.16 bits per heavy atom. The molecule has 1 atom stereocenters. The third-order valence-electron chi connectivity index (χ3n) is 3.66. The van der Waals surface area contributed by atoms with Crippen LogP contribution in [-0.2, 0) is 6.42 Å². The second-order valence-corrected chi connectivity index (χ2v) is 5.82. The largest absolute Gasteiger partial charge is 0.377 e. The molecule has 0 saturated carbocycles. The van der Waals surface area contributed by atoms with Gasteiger partial charge >= 0.3 is 0 Å². The highest BCUT2D eigenvalue weighted by Gasteiger charge is 2.23. The quantitative estimate of drug-likeness (QED) is 0.781. The van der Waals surface area contributed by atoms with E-state index in [0.717, 1.165) is 18.5 Å². The van der Waals surface area contributed by atoms with Gasteiger partial charge in [-0.3, -0.25) is 0 Å². The fourth-order valence-corrected chi connectivity index (χ4v) is 3.03. The van der Waals surface area contributed by atoms with Crippen molar-refractivity contribution < 1.29 is 0 Å². The van der Waals surface area contributed by atoms with E-state index in [-0.39, 0.29) is 0 Å². The zero-order valence-corrected chi connectivity index (χ0v) is 12.2. The minimum Gasteiger partial charge on any atom is -0.377 e. The minimum atomic E-state index is 0.325. The molecule has 0 radical (unpaired) electrons. The molecule has 1 aliphatic rings. The smallest absolute Gasteiger partial charge is 0.0823 e. The molecule has 0 amide bonds. The molecule has 0 heterocycles. The maximum Gasteiger partial charge on any atom is 0.0823 e. The number of fused-ring (bicyclic) bond motifs is 1. The molecule has 2 aromatic carbocycles. The van der Waals surface area contributed by atoms with Crippen LogP contribution < -0.4 is 5.32 Å². The first-order valence-corrected chi connectivity index (χ1v) is 7.21. The Morgan fingerprint density at radius 2 is 2.00 bits per heavy atom. The van der Waals surface area contributed by atoms with Gasteiger partial charge in [0.05, 0.1) is 21.8 Å². The van der Waals surface area contributed by atoms with E-state index in [2.05, 4.69) is 30.4 Å². The van der Waals surface area contributed by atoms with Crippen molar-refractivity contribution in [3.8, 4) is 0 Å². The molecular weight excluding hydrogens is 277 g/mol. The molecule has 1 unspecified atom stereocenters. The molecule has 0 saturated heterocycles. The van der Waals surface area contributed by atoms with Crippen LogP contribution in [0, 0.1) is 6.92 Å². The zero-order chi connectivity index (χ0) is 13.4. The lowest BCUT2D eigenvalue weighted by atomic mass is 10.0. The van der Waals surface area contributed by atoms with Crippen LogP contribution in [-0.4, -0.2) is 0 Å². The second-order valence-electron chi connectivity index (χ2n) is 5.04. The van der Waals surface area contributed by atoms with Crippen LogP contribution in [0.1, 0.15) is 29.2 Å². The lowest BCUT2D eigenvalue weighted by Gasteiger charge is -2.17. The molecular formula is C16H15Cl2N. The summed E-state index contributed by atoms with van der Waals surface area (Å²) in [6, 6.07) is 12.7. The van der Waals surface area contributed by atoms with Crippen molar-refractivity contribution in [2.24, 2.45) is 0 Å². The molecule has 1 nitrogen and oxygen atoms in total. The van der Waals surface area contributed by atoms with Crippen molar-refractivity contribution in [3.05, 3.63) is 63.1 Å². The Labute approximate surface area is 123 Å². The summed E-state index contributed by atoms with van der Waals surface area (Å²) in [5.41, 5.74) is 5.02. The predicted octanol–water partition coefficient (Wildman–Crippen LogP) is 5.40. The molecule has 0 aromatic heterocycles. The first-order chi connectivity index (χ1) is 9.15. The monoisotopic (exact) mass is 291 g/mol. The average molecular weight is 292 g/mol. The number of rotatable bonds is 2. The minimum absolute atomic E-state index is 0.325. The lowest BCUT2D eigenvalue weighted by molar-refractivity contribution is 0.762. The van der Waals surface area contributed by atoms with Crippen molar-refractivity contribution in [1.29, 1.82) is 0 Å². The molecule has 0 spiro atoms. The van der Waals surface area contributed by atoms with Crippen molar-refractivity contribution in [3.63, 3.8) is 0 Å². The summed E-state index contributed by atoms with van der Waals surface area (Å²) >= 11 is 12.3. The van der Waals surface area contributed by atoms with E-state index in [1.165, 1.54) is 16.7 Å². The zero-order valence-electron chi connectivity index (χ0n) is 10.7. The summed E-state index contributed by atoms with van der Waals surface area (Å²) in [5.74, 6) is 0. The normalized spacial score (nSPS) is 17.3. The van der Waals surface area contributed by atoms with Crippen LogP contribution in [0.4, 0.5) is 5.69 Å². The van der Waals surface area contributed by atoms with Gasteiger partial charge in [-0.25, -0.2) is 0 Å². The molecule has 3 heteroatoms. The maximum atomic E-state index is 6.24. The first kappa shape index (κ1) is 12.8. The Hall–Kier alpha value is -1.18. The number of aryl methyl sites for hydroxylation is 2. The second kappa shape index (κ2) is 5.07. The van der Waals surface area contributed by atoms with Crippen LogP contribution >= 0.6 is 23.2 Å². The molecule has 3 rings (SSSR count). The van der Waals surface area contributed by atoms with E-state index in [9.17, 15) is 0 Å². The molecule has 2 aromatic rings. The number of hydrogen-bond donors (Lipinski definition) is 1. The van der Waals surface area contributed by atoms with Gasteiger partial charge in [0.2, 0.25) is 0 Å². The summed E-state index contributed by atoms with van der Waals surface area (Å²) in [7, 11) is 0. The van der Waals surface area contributed by atoms with Gasteiger partial charge in [0.25, 0.3) is 0 Å². The highest BCUT2D eigenvalue weighted by molar-refractivity contribution is 6.43. The van der Waals surface area contributed by atoms with E-state index in [1.54, 1.807) is 0 Å².